The number of hydrogen-bond acceptors (Lipinski definition) is 4. The lowest BCUT2D eigenvalue weighted by Gasteiger charge is -2.11. The summed E-state index contributed by atoms with van der Waals surface area (Å²) in [5, 5.41) is 18.4. The van der Waals surface area contributed by atoms with Crippen molar-refractivity contribution < 1.29 is 19.0 Å². The van der Waals surface area contributed by atoms with Crippen molar-refractivity contribution in [1.82, 2.24) is 0 Å². The molecule has 0 atom stereocenters. The van der Waals surface area contributed by atoms with Crippen molar-refractivity contribution in [2.75, 3.05) is 0 Å². The number of carbonyl (C=O) groups excluding carboxylic acids is 1. The summed E-state index contributed by atoms with van der Waals surface area (Å²) in [5.74, 6) is -0.712. The highest BCUT2D eigenvalue weighted by Crippen LogP contribution is 2.33. The highest BCUT2D eigenvalue weighted by Gasteiger charge is 2.12. The lowest BCUT2D eigenvalue weighted by molar-refractivity contribution is 0.112. The number of aromatic hydroxyl groups is 1. The maximum Gasteiger partial charge on any atom is 0.167 e. The first-order chi connectivity index (χ1) is 9.56. The van der Waals surface area contributed by atoms with E-state index in [1.807, 2.05) is 6.07 Å². The Bertz CT molecular complexity index is 720. The van der Waals surface area contributed by atoms with E-state index in [0.717, 1.165) is 6.07 Å². The standard InChI is InChI=1S/C15H10FNO3/c1-9-13(5-3-11(8-18)15(9)19)20-14-4-2-10(7-17)6-12(14)16/h2-6,8,19H,1H3. The summed E-state index contributed by atoms with van der Waals surface area (Å²) in [7, 11) is 0. The molecule has 2 aromatic carbocycles. The minimum atomic E-state index is -0.678. The highest BCUT2D eigenvalue weighted by molar-refractivity contribution is 5.80. The van der Waals surface area contributed by atoms with Gasteiger partial charge in [0.1, 0.15) is 11.5 Å². The number of rotatable bonds is 3. The number of hydrogen-bond donors (Lipinski definition) is 1. The second-order valence-electron chi connectivity index (χ2n) is 4.10. The Labute approximate surface area is 114 Å². The van der Waals surface area contributed by atoms with E-state index in [1.165, 1.54) is 24.3 Å². The number of benzene rings is 2. The van der Waals surface area contributed by atoms with Crippen LogP contribution >= 0.6 is 0 Å². The maximum atomic E-state index is 13.7. The summed E-state index contributed by atoms with van der Waals surface area (Å²) in [6, 6.07) is 8.49. The monoisotopic (exact) mass is 271 g/mol. The first kappa shape index (κ1) is 13.6. The fraction of sp³-hybridized carbons (Fsp3) is 0.0667. The van der Waals surface area contributed by atoms with E-state index in [-0.39, 0.29) is 28.4 Å². The van der Waals surface area contributed by atoms with Crippen molar-refractivity contribution in [1.29, 1.82) is 5.26 Å². The van der Waals surface area contributed by atoms with Gasteiger partial charge in [-0.25, -0.2) is 4.39 Å². The molecule has 0 fully saturated rings. The summed E-state index contributed by atoms with van der Waals surface area (Å²) in [4.78, 5) is 10.7. The van der Waals surface area contributed by atoms with Gasteiger partial charge in [-0.2, -0.15) is 5.26 Å². The molecule has 1 N–H and O–H groups in total. The van der Waals surface area contributed by atoms with Crippen LogP contribution in [0.5, 0.6) is 17.2 Å². The summed E-state index contributed by atoms with van der Waals surface area (Å²) < 4.78 is 19.1. The average Bonchev–Trinajstić information content (AvgIpc) is 2.46. The molecule has 0 unspecified atom stereocenters. The molecule has 0 aliphatic heterocycles. The third-order valence-electron chi connectivity index (χ3n) is 2.82. The van der Waals surface area contributed by atoms with E-state index in [9.17, 15) is 14.3 Å². The van der Waals surface area contributed by atoms with E-state index in [0.29, 0.717) is 11.8 Å². The third-order valence-corrected chi connectivity index (χ3v) is 2.82. The number of nitrogens with zero attached hydrogens (tertiary/aromatic N) is 1. The summed E-state index contributed by atoms with van der Waals surface area (Å²) >= 11 is 0. The van der Waals surface area contributed by atoms with Gasteiger partial charge >= 0.3 is 0 Å². The van der Waals surface area contributed by atoms with Crippen molar-refractivity contribution in [3.63, 3.8) is 0 Å². The second-order valence-corrected chi connectivity index (χ2v) is 4.10. The molecule has 0 saturated heterocycles. The molecule has 0 amide bonds. The Morgan fingerprint density at radius 2 is 2.00 bits per heavy atom. The van der Waals surface area contributed by atoms with Crippen LogP contribution in [0.25, 0.3) is 0 Å². The molecule has 0 aliphatic rings. The van der Waals surface area contributed by atoms with Gasteiger partial charge in [-0.3, -0.25) is 4.79 Å². The maximum absolute atomic E-state index is 13.7. The Kier molecular flexibility index (Phi) is 3.67. The summed E-state index contributed by atoms with van der Waals surface area (Å²) in [5.41, 5.74) is 0.652. The first-order valence-corrected chi connectivity index (χ1v) is 5.72. The van der Waals surface area contributed by atoms with Crippen LogP contribution in [-0.4, -0.2) is 11.4 Å². The van der Waals surface area contributed by atoms with Crippen molar-refractivity contribution >= 4 is 6.29 Å². The molecule has 2 rings (SSSR count). The molecule has 20 heavy (non-hydrogen) atoms. The molecule has 0 aromatic heterocycles. The number of aldehydes is 1. The quantitative estimate of drug-likeness (QED) is 0.869. The van der Waals surface area contributed by atoms with Crippen LogP contribution in [0.4, 0.5) is 4.39 Å². The summed E-state index contributed by atoms with van der Waals surface area (Å²) in [6.45, 7) is 1.55. The minimum Gasteiger partial charge on any atom is -0.507 e. The zero-order valence-corrected chi connectivity index (χ0v) is 10.6. The van der Waals surface area contributed by atoms with Gasteiger partial charge in [-0.05, 0) is 37.3 Å². The topological polar surface area (TPSA) is 70.3 Å². The van der Waals surface area contributed by atoms with Crippen LogP contribution in [0.2, 0.25) is 0 Å². The van der Waals surface area contributed by atoms with Crippen LogP contribution in [-0.2, 0) is 0 Å². The molecule has 0 aliphatic carbocycles. The van der Waals surface area contributed by atoms with Gasteiger partial charge in [-0.1, -0.05) is 0 Å². The molecular formula is C15H10FNO3. The Hall–Kier alpha value is -2.87. The molecule has 4 nitrogen and oxygen atoms in total. The van der Waals surface area contributed by atoms with Crippen LogP contribution < -0.4 is 4.74 Å². The highest BCUT2D eigenvalue weighted by atomic mass is 19.1. The first-order valence-electron chi connectivity index (χ1n) is 5.72. The van der Waals surface area contributed by atoms with Crippen LogP contribution in [0.3, 0.4) is 0 Å². The molecule has 0 radical (unpaired) electrons. The number of phenolic OH excluding ortho intramolecular Hbond substituents is 1. The Morgan fingerprint density at radius 1 is 1.30 bits per heavy atom. The fourth-order valence-corrected chi connectivity index (χ4v) is 1.68. The van der Waals surface area contributed by atoms with E-state index in [2.05, 4.69) is 0 Å². The van der Waals surface area contributed by atoms with Gasteiger partial charge in [0, 0.05) is 5.56 Å². The van der Waals surface area contributed by atoms with Gasteiger partial charge in [0.15, 0.2) is 17.9 Å². The van der Waals surface area contributed by atoms with Gasteiger partial charge in [0.25, 0.3) is 0 Å². The largest absolute Gasteiger partial charge is 0.507 e. The van der Waals surface area contributed by atoms with Crippen LogP contribution in [0, 0.1) is 24.1 Å². The molecule has 0 bridgehead atoms. The molecule has 2 aromatic rings. The predicted octanol–water partition coefficient (Wildman–Crippen LogP) is 3.32. The lowest BCUT2D eigenvalue weighted by Crippen LogP contribution is -1.93. The van der Waals surface area contributed by atoms with E-state index >= 15 is 0 Å². The predicted molar refractivity (Wildman–Crippen MR) is 69.4 cm³/mol. The smallest absolute Gasteiger partial charge is 0.167 e. The second kappa shape index (κ2) is 5.41. The molecule has 100 valence electrons. The van der Waals surface area contributed by atoms with Crippen molar-refractivity contribution in [2.45, 2.75) is 6.92 Å². The zero-order chi connectivity index (χ0) is 14.7. The van der Waals surface area contributed by atoms with E-state index in [4.69, 9.17) is 10.00 Å². The number of carbonyl (C=O) groups is 1. The SMILES string of the molecule is Cc1c(Oc2ccc(C#N)cc2F)ccc(C=O)c1O. The molecule has 0 saturated carbocycles. The minimum absolute atomic E-state index is 0.0645. The Balaban J connectivity index is 2.38. The third kappa shape index (κ3) is 2.45. The van der Waals surface area contributed by atoms with Crippen LogP contribution in [0.1, 0.15) is 21.5 Å². The normalized spacial score (nSPS) is 9.85. The lowest BCUT2D eigenvalue weighted by atomic mass is 10.1. The molecule has 5 heteroatoms. The van der Waals surface area contributed by atoms with Gasteiger partial charge in [0.05, 0.1) is 17.2 Å². The Morgan fingerprint density at radius 3 is 2.60 bits per heavy atom. The number of halogens is 1. The molecule has 0 spiro atoms. The van der Waals surface area contributed by atoms with Gasteiger partial charge in [-0.15, -0.1) is 0 Å². The van der Waals surface area contributed by atoms with E-state index in [1.54, 1.807) is 6.92 Å². The van der Waals surface area contributed by atoms with Gasteiger partial charge < -0.3 is 9.84 Å². The van der Waals surface area contributed by atoms with E-state index < -0.39 is 5.82 Å². The summed E-state index contributed by atoms with van der Waals surface area (Å²) in [6.07, 6.45) is 0.522. The number of ether oxygens (including phenoxy) is 1. The van der Waals surface area contributed by atoms with Crippen molar-refractivity contribution in [3.8, 4) is 23.3 Å². The molecular weight excluding hydrogens is 261 g/mol. The fourth-order valence-electron chi connectivity index (χ4n) is 1.68. The average molecular weight is 271 g/mol. The zero-order valence-electron chi connectivity index (χ0n) is 10.6. The van der Waals surface area contributed by atoms with Crippen LogP contribution in [0.15, 0.2) is 30.3 Å². The van der Waals surface area contributed by atoms with Crippen molar-refractivity contribution in [2.24, 2.45) is 0 Å². The number of phenols is 1. The van der Waals surface area contributed by atoms with Gasteiger partial charge in [0.2, 0.25) is 0 Å². The van der Waals surface area contributed by atoms with Crippen molar-refractivity contribution in [3.05, 3.63) is 52.8 Å². The number of nitriles is 1. The molecule has 0 heterocycles.